The zero-order chi connectivity index (χ0) is 10.4. The van der Waals surface area contributed by atoms with E-state index < -0.39 is 0 Å². The van der Waals surface area contributed by atoms with Crippen LogP contribution in [0.25, 0.3) is 0 Å². The minimum atomic E-state index is -0.160. The summed E-state index contributed by atoms with van der Waals surface area (Å²) in [6.07, 6.45) is 3.23. The zero-order valence-corrected chi connectivity index (χ0v) is 9.08. The maximum Gasteiger partial charge on any atom is 0.410 e. The number of amides is 1. The highest BCUT2D eigenvalue weighted by Crippen LogP contribution is 2.17. The minimum absolute atomic E-state index is 0.160. The molecule has 0 spiro atoms. The van der Waals surface area contributed by atoms with Crippen LogP contribution in [-0.2, 0) is 4.74 Å². The summed E-state index contributed by atoms with van der Waals surface area (Å²) in [4.78, 5) is 13.4. The van der Waals surface area contributed by atoms with E-state index in [2.05, 4.69) is 5.32 Å². The van der Waals surface area contributed by atoms with Gasteiger partial charge in [-0.25, -0.2) is 4.79 Å². The number of carbonyl (C=O) groups excluding carboxylic acids is 1. The molecule has 1 rings (SSSR count). The molecule has 1 unspecified atom stereocenters. The first-order valence-electron chi connectivity index (χ1n) is 5.37. The van der Waals surface area contributed by atoms with E-state index in [9.17, 15) is 4.79 Å². The van der Waals surface area contributed by atoms with Crippen molar-refractivity contribution < 1.29 is 9.53 Å². The molecule has 4 nitrogen and oxygen atoms in total. The fourth-order valence-electron chi connectivity index (χ4n) is 1.90. The summed E-state index contributed by atoms with van der Waals surface area (Å²) in [6, 6.07) is 0.313. The fourth-order valence-corrected chi connectivity index (χ4v) is 1.90. The number of carbonyl (C=O) groups is 1. The van der Waals surface area contributed by atoms with E-state index in [0.717, 1.165) is 25.9 Å². The molecule has 14 heavy (non-hydrogen) atoms. The van der Waals surface area contributed by atoms with Gasteiger partial charge in [-0.15, -0.1) is 0 Å². The number of likely N-dealkylation sites (N-methyl/N-ethyl adjacent to an activating group) is 1. The molecule has 0 radical (unpaired) electrons. The molecule has 82 valence electrons. The second-order valence-electron chi connectivity index (χ2n) is 3.60. The normalized spacial score (nSPS) is 22.1. The van der Waals surface area contributed by atoms with Crippen LogP contribution >= 0.6 is 0 Å². The second-order valence-corrected chi connectivity index (χ2v) is 3.60. The van der Waals surface area contributed by atoms with Crippen molar-refractivity contribution in [2.24, 2.45) is 0 Å². The maximum atomic E-state index is 11.6. The van der Waals surface area contributed by atoms with Crippen molar-refractivity contribution in [3.05, 3.63) is 0 Å². The number of nitrogens with one attached hydrogen (secondary N) is 1. The third kappa shape index (κ3) is 2.87. The lowest BCUT2D eigenvalue weighted by Gasteiger charge is -2.34. The summed E-state index contributed by atoms with van der Waals surface area (Å²) in [6.45, 7) is 4.00. The van der Waals surface area contributed by atoms with Gasteiger partial charge in [-0.1, -0.05) is 0 Å². The molecule has 1 aliphatic rings. The zero-order valence-electron chi connectivity index (χ0n) is 9.08. The smallest absolute Gasteiger partial charge is 0.410 e. The SMILES string of the molecule is CCOC(=O)N1CCCCC1CNC. The third-order valence-electron chi connectivity index (χ3n) is 2.57. The van der Waals surface area contributed by atoms with Crippen molar-refractivity contribution in [3.63, 3.8) is 0 Å². The summed E-state index contributed by atoms with van der Waals surface area (Å²) in [5.74, 6) is 0. The standard InChI is InChI=1S/C10H20N2O2/c1-3-14-10(13)12-7-5-4-6-9(12)8-11-2/h9,11H,3-8H2,1-2H3. The van der Waals surface area contributed by atoms with Crippen LogP contribution in [0.2, 0.25) is 0 Å². The Morgan fingerprint density at radius 3 is 3.00 bits per heavy atom. The molecule has 1 heterocycles. The van der Waals surface area contributed by atoms with Crippen LogP contribution < -0.4 is 5.32 Å². The first-order chi connectivity index (χ1) is 6.79. The van der Waals surface area contributed by atoms with E-state index in [-0.39, 0.29) is 6.09 Å². The molecule has 1 amide bonds. The van der Waals surface area contributed by atoms with E-state index in [4.69, 9.17) is 4.74 Å². The van der Waals surface area contributed by atoms with Gasteiger partial charge in [0.15, 0.2) is 0 Å². The van der Waals surface area contributed by atoms with Crippen molar-refractivity contribution in [2.45, 2.75) is 32.2 Å². The molecule has 1 N–H and O–H groups in total. The van der Waals surface area contributed by atoms with Gasteiger partial charge < -0.3 is 15.0 Å². The minimum Gasteiger partial charge on any atom is -0.450 e. The Morgan fingerprint density at radius 2 is 2.36 bits per heavy atom. The lowest BCUT2D eigenvalue weighted by atomic mass is 10.0. The Kier molecular flexibility index (Phi) is 4.73. The molecule has 0 bridgehead atoms. The fraction of sp³-hybridized carbons (Fsp3) is 0.900. The summed E-state index contributed by atoms with van der Waals surface area (Å²) >= 11 is 0. The molecule has 0 aromatic heterocycles. The molecule has 1 aliphatic heterocycles. The number of nitrogens with zero attached hydrogens (tertiary/aromatic N) is 1. The molecular formula is C10H20N2O2. The van der Waals surface area contributed by atoms with E-state index >= 15 is 0 Å². The van der Waals surface area contributed by atoms with Crippen molar-refractivity contribution >= 4 is 6.09 Å². The lowest BCUT2D eigenvalue weighted by Crippen LogP contribution is -2.48. The molecule has 0 aliphatic carbocycles. The van der Waals surface area contributed by atoms with Gasteiger partial charge in [-0.3, -0.25) is 0 Å². The summed E-state index contributed by atoms with van der Waals surface area (Å²) < 4.78 is 5.02. The number of rotatable bonds is 3. The topological polar surface area (TPSA) is 41.6 Å². The Hall–Kier alpha value is -0.770. The van der Waals surface area contributed by atoms with Gasteiger partial charge >= 0.3 is 6.09 Å². The monoisotopic (exact) mass is 200 g/mol. The first kappa shape index (κ1) is 11.3. The van der Waals surface area contributed by atoms with E-state index in [1.165, 1.54) is 6.42 Å². The molecule has 0 aromatic rings. The van der Waals surface area contributed by atoms with Gasteiger partial charge in [0, 0.05) is 19.1 Å². The van der Waals surface area contributed by atoms with Crippen molar-refractivity contribution in [1.29, 1.82) is 0 Å². The summed E-state index contributed by atoms with van der Waals surface area (Å²) in [5.41, 5.74) is 0. The quantitative estimate of drug-likeness (QED) is 0.744. The summed E-state index contributed by atoms with van der Waals surface area (Å²) in [7, 11) is 1.91. The highest BCUT2D eigenvalue weighted by atomic mass is 16.6. The predicted octanol–water partition coefficient (Wildman–Crippen LogP) is 1.22. The average molecular weight is 200 g/mol. The van der Waals surface area contributed by atoms with E-state index in [1.807, 2.05) is 18.9 Å². The van der Waals surface area contributed by atoms with Gasteiger partial charge in [-0.2, -0.15) is 0 Å². The number of ether oxygens (including phenoxy) is 1. The Bertz CT molecular complexity index is 183. The number of likely N-dealkylation sites (tertiary alicyclic amines) is 1. The van der Waals surface area contributed by atoms with Crippen LogP contribution in [0.3, 0.4) is 0 Å². The van der Waals surface area contributed by atoms with E-state index in [0.29, 0.717) is 12.6 Å². The van der Waals surface area contributed by atoms with Crippen molar-refractivity contribution in [1.82, 2.24) is 10.2 Å². The Labute approximate surface area is 85.6 Å². The number of piperidine rings is 1. The summed E-state index contributed by atoms with van der Waals surface area (Å²) in [5, 5.41) is 3.11. The molecule has 0 saturated carbocycles. The maximum absolute atomic E-state index is 11.6. The molecular weight excluding hydrogens is 180 g/mol. The molecule has 1 saturated heterocycles. The predicted molar refractivity (Wildman–Crippen MR) is 55.3 cm³/mol. The first-order valence-corrected chi connectivity index (χ1v) is 5.37. The highest BCUT2D eigenvalue weighted by molar-refractivity contribution is 5.68. The van der Waals surface area contributed by atoms with E-state index in [1.54, 1.807) is 0 Å². The van der Waals surface area contributed by atoms with Gasteiger partial charge in [0.05, 0.1) is 6.61 Å². The molecule has 4 heteroatoms. The van der Waals surface area contributed by atoms with Gasteiger partial charge in [0.25, 0.3) is 0 Å². The van der Waals surface area contributed by atoms with Crippen LogP contribution in [0.4, 0.5) is 4.79 Å². The lowest BCUT2D eigenvalue weighted by molar-refractivity contribution is 0.0771. The average Bonchev–Trinajstić information content (AvgIpc) is 2.19. The van der Waals surface area contributed by atoms with Crippen molar-refractivity contribution in [2.75, 3.05) is 26.7 Å². The van der Waals surface area contributed by atoms with Gasteiger partial charge in [0.1, 0.15) is 0 Å². The number of hydrogen-bond donors (Lipinski definition) is 1. The molecule has 1 fully saturated rings. The third-order valence-corrected chi connectivity index (χ3v) is 2.57. The van der Waals surface area contributed by atoms with Gasteiger partial charge in [0.2, 0.25) is 0 Å². The number of hydrogen-bond acceptors (Lipinski definition) is 3. The van der Waals surface area contributed by atoms with Crippen LogP contribution in [-0.4, -0.2) is 43.8 Å². The van der Waals surface area contributed by atoms with Crippen LogP contribution in [0.1, 0.15) is 26.2 Å². The van der Waals surface area contributed by atoms with Crippen LogP contribution in [0, 0.1) is 0 Å². The highest BCUT2D eigenvalue weighted by Gasteiger charge is 2.26. The van der Waals surface area contributed by atoms with Crippen LogP contribution in [0.15, 0.2) is 0 Å². The molecule has 1 atom stereocenters. The van der Waals surface area contributed by atoms with Crippen LogP contribution in [0.5, 0.6) is 0 Å². The Morgan fingerprint density at radius 1 is 1.57 bits per heavy atom. The Balaban J connectivity index is 2.48. The van der Waals surface area contributed by atoms with Crippen molar-refractivity contribution in [3.8, 4) is 0 Å². The molecule has 0 aromatic carbocycles. The second kappa shape index (κ2) is 5.86. The van der Waals surface area contributed by atoms with Gasteiger partial charge in [-0.05, 0) is 33.2 Å². The largest absolute Gasteiger partial charge is 0.450 e.